The van der Waals surface area contributed by atoms with Crippen LogP contribution in [0.1, 0.15) is 78.1 Å². The van der Waals surface area contributed by atoms with Gasteiger partial charge in [-0.2, -0.15) is 0 Å². The average molecular weight is 431 g/mol. The van der Waals surface area contributed by atoms with E-state index in [0.29, 0.717) is 6.61 Å². The molecule has 0 unspecified atom stereocenters. The Labute approximate surface area is 175 Å². The molecular weight excluding hydrogens is 396 g/mol. The predicted octanol–water partition coefficient (Wildman–Crippen LogP) is 3.32. The van der Waals surface area contributed by atoms with Crippen LogP contribution in [0, 0.1) is 0 Å². The molecule has 0 N–H and O–H groups in total. The number of hydrogen-bond acceptors (Lipinski definition) is 7. The highest BCUT2D eigenvalue weighted by Crippen LogP contribution is 2.48. The SMILES string of the molecule is CC(C)[S@](=O)O[C@@H]1[C@H]2OC3(CCCCC3)O[C@H]2O[C@@H]1[C@@H]1COC2(CCCCC2)O1. The van der Waals surface area contributed by atoms with Crippen molar-refractivity contribution < 1.29 is 32.1 Å². The summed E-state index contributed by atoms with van der Waals surface area (Å²) in [5.74, 6) is -1.06. The fraction of sp³-hybridized carbons (Fsp3) is 1.00. The van der Waals surface area contributed by atoms with Gasteiger partial charge in [-0.15, -0.1) is 0 Å². The maximum Gasteiger partial charge on any atom is 0.190 e. The number of fused-ring (bicyclic) bond motifs is 1. The third-order valence-electron chi connectivity index (χ3n) is 6.95. The summed E-state index contributed by atoms with van der Waals surface area (Å²) >= 11 is -1.43. The van der Waals surface area contributed by atoms with Crippen molar-refractivity contribution in [2.24, 2.45) is 0 Å². The molecule has 5 aliphatic rings. The minimum Gasteiger partial charge on any atom is -0.347 e. The summed E-state index contributed by atoms with van der Waals surface area (Å²) in [5.41, 5.74) is 0. The molecular formula is C21H34O7S. The van der Waals surface area contributed by atoms with Crippen molar-refractivity contribution in [1.29, 1.82) is 0 Å². The summed E-state index contributed by atoms with van der Waals surface area (Å²) in [4.78, 5) is 0. The summed E-state index contributed by atoms with van der Waals surface area (Å²) < 4.78 is 50.2. The summed E-state index contributed by atoms with van der Waals surface area (Å²) in [6, 6.07) is 0. The molecule has 0 aromatic carbocycles. The minimum absolute atomic E-state index is 0.105. The van der Waals surface area contributed by atoms with Gasteiger partial charge < -0.3 is 23.7 Å². The van der Waals surface area contributed by atoms with Gasteiger partial charge in [0, 0.05) is 25.7 Å². The zero-order valence-electron chi connectivity index (χ0n) is 17.5. The van der Waals surface area contributed by atoms with Gasteiger partial charge >= 0.3 is 0 Å². The second kappa shape index (κ2) is 8.11. The molecule has 3 heterocycles. The average Bonchev–Trinajstić information content (AvgIpc) is 3.36. The Kier molecular flexibility index (Phi) is 5.82. The first-order chi connectivity index (χ1) is 14.0. The van der Waals surface area contributed by atoms with Gasteiger partial charge in [-0.3, -0.25) is 4.18 Å². The molecule has 3 saturated heterocycles. The standard InChI is InChI=1S/C21H34O7S/c1-14(2)29(22)28-17-16(15-13-23-20(25-15)9-5-3-6-10-20)24-19-18(17)26-21(27-19)11-7-4-8-12-21/h14-19H,3-13H2,1-2H3/t15-,16+,17-,18+,19+,29+/m0/s1. The van der Waals surface area contributed by atoms with Gasteiger partial charge in [-0.05, 0) is 39.5 Å². The summed E-state index contributed by atoms with van der Waals surface area (Å²) in [7, 11) is 0. The molecule has 5 fully saturated rings. The van der Waals surface area contributed by atoms with Crippen LogP contribution in [-0.2, 0) is 38.9 Å². The molecule has 166 valence electrons. The molecule has 7 nitrogen and oxygen atoms in total. The van der Waals surface area contributed by atoms with Crippen LogP contribution >= 0.6 is 0 Å². The Bertz CT molecular complexity index is 614. The van der Waals surface area contributed by atoms with E-state index in [2.05, 4.69) is 0 Å². The second-order valence-corrected chi connectivity index (χ2v) is 11.1. The monoisotopic (exact) mass is 430 g/mol. The normalized spacial score (nSPS) is 42.0. The smallest absolute Gasteiger partial charge is 0.190 e. The highest BCUT2D eigenvalue weighted by Gasteiger charge is 2.62. The zero-order valence-corrected chi connectivity index (χ0v) is 18.3. The van der Waals surface area contributed by atoms with E-state index in [-0.39, 0.29) is 17.5 Å². The largest absolute Gasteiger partial charge is 0.347 e. The lowest BCUT2D eigenvalue weighted by atomic mass is 9.94. The Hall–Kier alpha value is -0.0900. The van der Waals surface area contributed by atoms with Crippen LogP contribution in [0.25, 0.3) is 0 Å². The molecule has 2 spiro atoms. The van der Waals surface area contributed by atoms with Crippen molar-refractivity contribution in [3.05, 3.63) is 0 Å². The number of hydrogen-bond donors (Lipinski definition) is 0. The van der Waals surface area contributed by atoms with Gasteiger partial charge in [-0.25, -0.2) is 4.21 Å². The van der Waals surface area contributed by atoms with E-state index in [0.717, 1.165) is 51.4 Å². The first kappa shape index (κ1) is 20.8. The molecule has 6 atom stereocenters. The van der Waals surface area contributed by atoms with Crippen molar-refractivity contribution in [1.82, 2.24) is 0 Å². The molecule has 0 amide bonds. The Morgan fingerprint density at radius 2 is 1.52 bits per heavy atom. The highest BCUT2D eigenvalue weighted by atomic mass is 32.2. The van der Waals surface area contributed by atoms with Crippen LogP contribution in [0.5, 0.6) is 0 Å². The van der Waals surface area contributed by atoms with Gasteiger partial charge in [0.25, 0.3) is 0 Å². The van der Waals surface area contributed by atoms with Crippen molar-refractivity contribution in [3.63, 3.8) is 0 Å². The zero-order chi connectivity index (χ0) is 20.1. The van der Waals surface area contributed by atoms with E-state index >= 15 is 0 Å². The minimum atomic E-state index is -1.43. The van der Waals surface area contributed by atoms with Crippen LogP contribution in [0.4, 0.5) is 0 Å². The van der Waals surface area contributed by atoms with Gasteiger partial charge in [0.2, 0.25) is 0 Å². The number of rotatable bonds is 4. The fourth-order valence-electron chi connectivity index (χ4n) is 5.40. The fourth-order valence-corrected chi connectivity index (χ4v) is 6.06. The number of ether oxygens (including phenoxy) is 5. The molecule has 0 radical (unpaired) electrons. The summed E-state index contributed by atoms with van der Waals surface area (Å²) in [6.45, 7) is 4.24. The van der Waals surface area contributed by atoms with E-state index in [1.54, 1.807) is 0 Å². The van der Waals surface area contributed by atoms with Gasteiger partial charge in [-0.1, -0.05) is 12.8 Å². The summed E-state index contributed by atoms with van der Waals surface area (Å²) in [6.07, 6.45) is 8.41. The molecule has 0 bridgehead atoms. The van der Waals surface area contributed by atoms with Gasteiger partial charge in [0.05, 0.1) is 11.9 Å². The van der Waals surface area contributed by atoms with E-state index in [9.17, 15) is 4.21 Å². The second-order valence-electron chi connectivity index (χ2n) is 9.45. The third kappa shape index (κ3) is 3.95. The van der Waals surface area contributed by atoms with Crippen molar-refractivity contribution in [2.75, 3.05) is 6.61 Å². The highest BCUT2D eigenvalue weighted by molar-refractivity contribution is 7.80. The van der Waals surface area contributed by atoms with Crippen LogP contribution in [-0.4, -0.2) is 58.3 Å². The molecule has 29 heavy (non-hydrogen) atoms. The molecule has 2 saturated carbocycles. The van der Waals surface area contributed by atoms with Crippen LogP contribution in [0.2, 0.25) is 0 Å². The van der Waals surface area contributed by atoms with Gasteiger partial charge in [0.1, 0.15) is 24.4 Å². The maximum absolute atomic E-state index is 12.6. The first-order valence-electron chi connectivity index (χ1n) is 11.4. The molecule has 0 aromatic heterocycles. The van der Waals surface area contributed by atoms with E-state index in [4.69, 9.17) is 27.9 Å². The van der Waals surface area contributed by atoms with E-state index in [1.165, 1.54) is 12.8 Å². The first-order valence-corrected chi connectivity index (χ1v) is 12.5. The topological polar surface area (TPSA) is 72.5 Å². The van der Waals surface area contributed by atoms with Crippen molar-refractivity contribution in [3.8, 4) is 0 Å². The Morgan fingerprint density at radius 3 is 2.17 bits per heavy atom. The van der Waals surface area contributed by atoms with E-state index in [1.807, 2.05) is 13.8 Å². The van der Waals surface area contributed by atoms with E-state index < -0.39 is 41.2 Å². The van der Waals surface area contributed by atoms with Gasteiger partial charge in [0.15, 0.2) is 28.9 Å². The summed E-state index contributed by atoms with van der Waals surface area (Å²) in [5, 5.41) is -0.105. The van der Waals surface area contributed by atoms with Crippen LogP contribution in [0.3, 0.4) is 0 Å². The van der Waals surface area contributed by atoms with Crippen LogP contribution < -0.4 is 0 Å². The molecule has 3 aliphatic heterocycles. The van der Waals surface area contributed by atoms with Crippen molar-refractivity contribution in [2.45, 2.75) is 126 Å². The van der Waals surface area contributed by atoms with Crippen molar-refractivity contribution >= 4 is 11.1 Å². The van der Waals surface area contributed by atoms with Crippen LogP contribution in [0.15, 0.2) is 0 Å². The molecule has 2 aliphatic carbocycles. The molecule has 8 heteroatoms. The lowest BCUT2D eigenvalue weighted by Crippen LogP contribution is -2.46. The predicted molar refractivity (Wildman–Crippen MR) is 105 cm³/mol. The maximum atomic E-state index is 12.6. The quantitative estimate of drug-likeness (QED) is 0.677. The Balaban J connectivity index is 1.33. The Morgan fingerprint density at radius 1 is 0.862 bits per heavy atom. The third-order valence-corrected chi connectivity index (χ3v) is 8.14. The molecule has 0 aromatic rings. The lowest BCUT2D eigenvalue weighted by Gasteiger charge is -2.35. The lowest BCUT2D eigenvalue weighted by molar-refractivity contribution is -0.258. The molecule has 5 rings (SSSR count).